The summed E-state index contributed by atoms with van der Waals surface area (Å²) in [5.74, 6) is 9.20. The number of imidazole rings is 1. The molecular weight excluding hydrogens is 394 g/mol. The van der Waals surface area contributed by atoms with Crippen molar-refractivity contribution in [2.24, 2.45) is 0 Å². The van der Waals surface area contributed by atoms with Crippen LogP contribution >= 0.6 is 0 Å². The second kappa shape index (κ2) is 7.66. The van der Waals surface area contributed by atoms with Crippen molar-refractivity contribution in [1.82, 2.24) is 34.3 Å². The lowest BCUT2D eigenvalue weighted by Crippen LogP contribution is -2.09. The van der Waals surface area contributed by atoms with Gasteiger partial charge in [-0.2, -0.15) is 0 Å². The molecule has 3 aromatic heterocycles. The third-order valence-electron chi connectivity index (χ3n) is 5.09. The first-order valence-electron chi connectivity index (χ1n) is 9.64. The maximum atomic E-state index is 5.44. The maximum Gasteiger partial charge on any atom is 0.166 e. The van der Waals surface area contributed by atoms with E-state index in [-0.39, 0.29) is 0 Å². The van der Waals surface area contributed by atoms with Crippen molar-refractivity contribution in [3.05, 3.63) is 65.5 Å². The van der Waals surface area contributed by atoms with Crippen LogP contribution in [0, 0.1) is 18.8 Å². The summed E-state index contributed by atoms with van der Waals surface area (Å²) in [4.78, 5) is 13.0. The number of ether oxygens (including phenoxy) is 2. The van der Waals surface area contributed by atoms with Gasteiger partial charge in [0, 0.05) is 25.1 Å². The number of hydrogen-bond acceptors (Lipinski definition) is 7. The molecule has 5 rings (SSSR count). The van der Waals surface area contributed by atoms with E-state index in [1.54, 1.807) is 32.9 Å². The minimum Gasteiger partial charge on any atom is -0.497 e. The zero-order chi connectivity index (χ0) is 21.4. The van der Waals surface area contributed by atoms with Crippen molar-refractivity contribution in [2.45, 2.75) is 20.1 Å². The van der Waals surface area contributed by atoms with E-state index in [1.165, 1.54) is 0 Å². The van der Waals surface area contributed by atoms with Crippen molar-refractivity contribution < 1.29 is 9.47 Å². The van der Waals surface area contributed by atoms with Crippen molar-refractivity contribution in [2.75, 3.05) is 14.2 Å². The van der Waals surface area contributed by atoms with Crippen LogP contribution in [0.25, 0.3) is 17.1 Å². The van der Waals surface area contributed by atoms with Crippen LogP contribution in [0.5, 0.6) is 5.75 Å². The fourth-order valence-electron chi connectivity index (χ4n) is 3.54. The summed E-state index contributed by atoms with van der Waals surface area (Å²) in [7, 11) is 3.28. The molecule has 1 aromatic carbocycles. The van der Waals surface area contributed by atoms with E-state index in [4.69, 9.17) is 9.47 Å². The molecule has 0 N–H and O–H groups in total. The number of nitrogens with zero attached hydrogens (tertiary/aromatic N) is 7. The van der Waals surface area contributed by atoms with Crippen molar-refractivity contribution in [1.29, 1.82) is 0 Å². The molecule has 0 unspecified atom stereocenters. The second-order valence-electron chi connectivity index (χ2n) is 7.02. The highest BCUT2D eigenvalue weighted by Crippen LogP contribution is 2.34. The van der Waals surface area contributed by atoms with Crippen LogP contribution in [0.3, 0.4) is 0 Å². The van der Waals surface area contributed by atoms with E-state index >= 15 is 0 Å². The minimum absolute atomic E-state index is 0.349. The first kappa shape index (κ1) is 19.0. The highest BCUT2D eigenvalue weighted by atomic mass is 16.5. The van der Waals surface area contributed by atoms with Crippen LogP contribution in [-0.2, 0) is 17.9 Å². The molecule has 0 saturated heterocycles. The minimum atomic E-state index is 0.349. The maximum absolute atomic E-state index is 5.44. The predicted molar refractivity (Wildman–Crippen MR) is 112 cm³/mol. The Morgan fingerprint density at radius 2 is 1.90 bits per heavy atom. The lowest BCUT2D eigenvalue weighted by atomic mass is 10.1. The average Bonchev–Trinajstić information content (AvgIpc) is 3.34. The second-order valence-corrected chi connectivity index (χ2v) is 7.02. The van der Waals surface area contributed by atoms with Gasteiger partial charge in [-0.05, 0) is 31.0 Å². The fraction of sp³-hybridized carbons (Fsp3) is 0.227. The molecule has 9 nitrogen and oxygen atoms in total. The highest BCUT2D eigenvalue weighted by molar-refractivity contribution is 5.71. The molecule has 31 heavy (non-hydrogen) atoms. The molecule has 0 aliphatic carbocycles. The summed E-state index contributed by atoms with van der Waals surface area (Å²) < 4.78 is 14.8. The first-order chi connectivity index (χ1) is 15.2. The van der Waals surface area contributed by atoms with Gasteiger partial charge in [0.25, 0.3) is 0 Å². The van der Waals surface area contributed by atoms with Crippen LogP contribution in [0.2, 0.25) is 0 Å². The van der Waals surface area contributed by atoms with E-state index in [0.29, 0.717) is 24.7 Å². The molecule has 1 aliphatic heterocycles. The van der Waals surface area contributed by atoms with Crippen LogP contribution in [0.4, 0.5) is 0 Å². The Hall–Kier alpha value is -4.03. The Bertz CT molecular complexity index is 1330. The van der Waals surface area contributed by atoms with E-state index in [2.05, 4.69) is 37.0 Å². The average molecular weight is 413 g/mol. The quantitative estimate of drug-likeness (QED) is 0.419. The SMILES string of the molecule is COCc1nnc2n1Cc1c(C#Cc3cnc(C)nc3)ncn1-c1ccc(OC)cc1-2. The van der Waals surface area contributed by atoms with Crippen LogP contribution in [0.15, 0.2) is 36.9 Å². The van der Waals surface area contributed by atoms with Crippen LogP contribution in [-0.4, -0.2) is 48.5 Å². The lowest BCUT2D eigenvalue weighted by molar-refractivity contribution is 0.174. The van der Waals surface area contributed by atoms with E-state index in [9.17, 15) is 0 Å². The first-order valence-corrected chi connectivity index (χ1v) is 9.64. The zero-order valence-electron chi connectivity index (χ0n) is 17.3. The molecule has 154 valence electrons. The zero-order valence-corrected chi connectivity index (χ0v) is 17.3. The van der Waals surface area contributed by atoms with Crippen molar-refractivity contribution in [3.63, 3.8) is 0 Å². The summed E-state index contributed by atoms with van der Waals surface area (Å²) in [6, 6.07) is 5.86. The molecule has 0 spiro atoms. The number of aryl methyl sites for hydroxylation is 1. The molecule has 1 aliphatic rings. The van der Waals surface area contributed by atoms with Gasteiger partial charge in [0.2, 0.25) is 0 Å². The summed E-state index contributed by atoms with van der Waals surface area (Å²) in [6.07, 6.45) is 5.20. The van der Waals surface area contributed by atoms with Crippen LogP contribution in [0.1, 0.15) is 28.6 Å². The van der Waals surface area contributed by atoms with Gasteiger partial charge in [-0.15, -0.1) is 10.2 Å². The molecule has 4 heterocycles. The summed E-state index contributed by atoms with van der Waals surface area (Å²) in [5, 5.41) is 8.77. The number of fused-ring (bicyclic) bond motifs is 5. The van der Waals surface area contributed by atoms with Gasteiger partial charge in [-0.25, -0.2) is 15.0 Å². The van der Waals surface area contributed by atoms with Gasteiger partial charge in [0.05, 0.1) is 30.6 Å². The summed E-state index contributed by atoms with van der Waals surface area (Å²) >= 11 is 0. The Morgan fingerprint density at radius 3 is 2.68 bits per heavy atom. The molecule has 0 saturated carbocycles. The Labute approximate surface area is 178 Å². The monoisotopic (exact) mass is 413 g/mol. The predicted octanol–water partition coefficient (Wildman–Crippen LogP) is 2.15. The van der Waals surface area contributed by atoms with Gasteiger partial charge < -0.3 is 14.0 Å². The Kier molecular flexibility index (Phi) is 4.69. The highest BCUT2D eigenvalue weighted by Gasteiger charge is 2.26. The third kappa shape index (κ3) is 3.33. The topological polar surface area (TPSA) is 92.8 Å². The number of rotatable bonds is 3. The molecule has 0 fully saturated rings. The van der Waals surface area contributed by atoms with Gasteiger partial charge >= 0.3 is 0 Å². The van der Waals surface area contributed by atoms with Gasteiger partial charge in [0.15, 0.2) is 11.6 Å². The van der Waals surface area contributed by atoms with Gasteiger partial charge in [-0.3, -0.25) is 4.57 Å². The molecule has 0 radical (unpaired) electrons. The number of methoxy groups -OCH3 is 2. The Morgan fingerprint density at radius 1 is 1.06 bits per heavy atom. The molecule has 0 amide bonds. The molecule has 0 bridgehead atoms. The fourth-order valence-corrected chi connectivity index (χ4v) is 3.54. The van der Waals surface area contributed by atoms with Gasteiger partial charge in [-0.1, -0.05) is 5.92 Å². The third-order valence-corrected chi connectivity index (χ3v) is 5.09. The normalized spacial score (nSPS) is 11.6. The molecule has 0 atom stereocenters. The number of benzene rings is 1. The Balaban J connectivity index is 1.67. The molecule has 4 aromatic rings. The smallest absolute Gasteiger partial charge is 0.166 e. The summed E-state index contributed by atoms with van der Waals surface area (Å²) in [5.41, 5.74) is 4.17. The lowest BCUT2D eigenvalue weighted by Gasteiger charge is -2.09. The number of hydrogen-bond donors (Lipinski definition) is 0. The number of aromatic nitrogens is 7. The standard InChI is InChI=1S/C22H19N7O2/c1-14-23-9-15(10-24-14)4-6-18-20-11-28-21(12-30-2)26-27-22(28)17-8-16(31-3)5-7-19(17)29(20)13-25-18/h5,7-10,13H,11-12H2,1-3H3. The van der Waals surface area contributed by atoms with Crippen molar-refractivity contribution >= 4 is 0 Å². The summed E-state index contributed by atoms with van der Waals surface area (Å²) in [6.45, 7) is 2.70. The largest absolute Gasteiger partial charge is 0.497 e. The van der Waals surface area contributed by atoms with E-state index < -0.39 is 0 Å². The molecule has 9 heteroatoms. The van der Waals surface area contributed by atoms with Crippen LogP contribution < -0.4 is 4.74 Å². The van der Waals surface area contributed by atoms with E-state index in [0.717, 1.165) is 39.9 Å². The van der Waals surface area contributed by atoms with Crippen molar-refractivity contribution in [3.8, 4) is 34.7 Å². The molecular formula is C22H19N7O2. The van der Waals surface area contributed by atoms with E-state index in [1.807, 2.05) is 34.3 Å². The van der Waals surface area contributed by atoms with Gasteiger partial charge in [0.1, 0.15) is 30.2 Å².